The zero-order valence-corrected chi connectivity index (χ0v) is 18.2. The van der Waals surface area contributed by atoms with E-state index in [-0.39, 0.29) is 17.8 Å². The monoisotopic (exact) mass is 426 g/mol. The van der Waals surface area contributed by atoms with Crippen molar-refractivity contribution in [1.29, 1.82) is 0 Å². The number of thioether (sulfide) groups is 1. The number of ether oxygens (including phenoxy) is 1. The number of rotatable bonds is 3. The topological polar surface area (TPSA) is 44.1 Å². The summed E-state index contributed by atoms with van der Waals surface area (Å²) in [4.78, 5) is 18.0. The van der Waals surface area contributed by atoms with E-state index < -0.39 is 9.62 Å². The molecule has 4 atom stereocenters. The Morgan fingerprint density at radius 2 is 1.55 bits per heavy atom. The molecular weight excluding hydrogens is 404 g/mol. The van der Waals surface area contributed by atoms with Crippen molar-refractivity contribution in [2.24, 2.45) is 11.8 Å². The number of hydrogen-bond donors (Lipinski definition) is 0. The number of hydrogen-bond acceptors (Lipinski definition) is 4. The van der Waals surface area contributed by atoms with Gasteiger partial charge in [0.05, 0.1) is 24.1 Å². The lowest BCUT2D eigenvalue weighted by atomic mass is 9.70. The van der Waals surface area contributed by atoms with Gasteiger partial charge >= 0.3 is 5.97 Å². The van der Waals surface area contributed by atoms with Crippen molar-refractivity contribution in [3.8, 4) is 0 Å². The third kappa shape index (κ3) is 2.17. The van der Waals surface area contributed by atoms with Gasteiger partial charge in [0.2, 0.25) is 0 Å². The Hall–Kier alpha value is -3.05. The van der Waals surface area contributed by atoms with Crippen LogP contribution < -0.4 is 0 Å². The number of carbonyl (C=O) groups excluding carboxylic acids is 1. The maximum atomic E-state index is 13.3. The number of nitrogens with zero attached hydrogens (tertiary/aromatic N) is 2. The maximum Gasteiger partial charge on any atom is 0.311 e. The van der Waals surface area contributed by atoms with Crippen LogP contribution in [-0.4, -0.2) is 22.6 Å². The minimum atomic E-state index is -0.622. The Balaban J connectivity index is 1.77. The molecule has 2 aliphatic rings. The molecule has 4 nitrogen and oxygen atoms in total. The van der Waals surface area contributed by atoms with Gasteiger partial charge in [-0.1, -0.05) is 79.7 Å². The lowest BCUT2D eigenvalue weighted by molar-refractivity contribution is -0.149. The summed E-state index contributed by atoms with van der Waals surface area (Å²) in [5, 5.41) is 0. The Morgan fingerprint density at radius 1 is 0.935 bits per heavy atom. The molecule has 6 rings (SSSR count). The minimum Gasteiger partial charge on any atom is -0.469 e. The summed E-state index contributed by atoms with van der Waals surface area (Å²) in [5.41, 5.74) is 4.33. The molecule has 2 aliphatic heterocycles. The fourth-order valence-corrected chi connectivity index (χ4v) is 7.96. The molecule has 4 aromatic rings. The highest BCUT2D eigenvalue weighted by Gasteiger charge is 2.73. The molecular formula is C26H22N2O2S. The highest BCUT2D eigenvalue weighted by molar-refractivity contribution is 8.02. The van der Waals surface area contributed by atoms with E-state index in [2.05, 4.69) is 66.1 Å². The van der Waals surface area contributed by atoms with Gasteiger partial charge in [-0.2, -0.15) is 0 Å². The largest absolute Gasteiger partial charge is 0.469 e. The van der Waals surface area contributed by atoms with E-state index in [1.807, 2.05) is 42.1 Å². The summed E-state index contributed by atoms with van der Waals surface area (Å²) in [5.74, 6) is 0.397. The van der Waals surface area contributed by atoms with Gasteiger partial charge in [0.1, 0.15) is 15.4 Å². The molecule has 0 spiro atoms. The van der Waals surface area contributed by atoms with E-state index in [1.54, 1.807) is 0 Å². The standard InChI is InChI=1S/C26H22N2O2S/c1-17-22(23(29)30-2)25(18-11-5-3-6-12-18)24-27-20-15-9-10-16-21(20)28(24)26(17,31-25)19-13-7-4-8-14-19/h3-17,22H,1-2H3/t17-,22+,25-,26+/m1/s1. The van der Waals surface area contributed by atoms with Crippen LogP contribution in [0, 0.1) is 11.8 Å². The average Bonchev–Trinajstić information content (AvgIpc) is 3.44. The third-order valence-electron chi connectivity index (χ3n) is 6.94. The highest BCUT2D eigenvalue weighted by atomic mass is 32.2. The molecule has 1 fully saturated rings. The van der Waals surface area contributed by atoms with Gasteiger partial charge < -0.3 is 9.30 Å². The second-order valence-corrected chi connectivity index (χ2v) is 9.79. The van der Waals surface area contributed by atoms with Gasteiger partial charge in [-0.25, -0.2) is 4.98 Å². The van der Waals surface area contributed by atoms with E-state index in [1.165, 1.54) is 12.7 Å². The molecule has 3 aromatic carbocycles. The molecule has 3 heterocycles. The molecule has 0 aliphatic carbocycles. The SMILES string of the molecule is COC(=O)[C@@H]1[C@@H](C)[C@@]2(c3ccccc3)S[C@@]1(c1ccccc1)c1nc3ccccc3n12. The first-order valence-corrected chi connectivity index (χ1v) is 11.3. The summed E-state index contributed by atoms with van der Waals surface area (Å²) in [6.07, 6.45) is 0. The van der Waals surface area contributed by atoms with E-state index in [0.717, 1.165) is 22.4 Å². The molecule has 31 heavy (non-hydrogen) atoms. The Labute approximate surface area is 185 Å². The summed E-state index contributed by atoms with van der Waals surface area (Å²) in [6.45, 7) is 2.18. The van der Waals surface area contributed by atoms with Crippen molar-refractivity contribution < 1.29 is 9.53 Å². The third-order valence-corrected chi connectivity index (χ3v) is 9.04. The lowest BCUT2D eigenvalue weighted by Crippen LogP contribution is -2.47. The summed E-state index contributed by atoms with van der Waals surface area (Å²) in [6, 6.07) is 29.1. The molecule has 0 saturated carbocycles. The average molecular weight is 427 g/mol. The normalized spacial score (nSPS) is 28.6. The Morgan fingerprint density at radius 3 is 2.23 bits per heavy atom. The number of fused-ring (bicyclic) bond motifs is 7. The molecule has 0 N–H and O–H groups in total. The van der Waals surface area contributed by atoms with Crippen LogP contribution >= 0.6 is 11.8 Å². The summed E-state index contributed by atoms with van der Waals surface area (Å²) < 4.78 is 7.15. The van der Waals surface area contributed by atoms with Crippen LogP contribution in [0.1, 0.15) is 23.9 Å². The Kier molecular flexibility index (Phi) is 3.90. The quantitative estimate of drug-likeness (QED) is 0.424. The molecule has 2 bridgehead atoms. The van der Waals surface area contributed by atoms with Gasteiger partial charge in [-0.15, -0.1) is 11.8 Å². The molecule has 154 valence electrons. The molecule has 1 aromatic heterocycles. The molecule has 0 unspecified atom stereocenters. The minimum absolute atomic E-state index is 0.00216. The van der Waals surface area contributed by atoms with Crippen LogP contribution in [0.2, 0.25) is 0 Å². The predicted molar refractivity (Wildman–Crippen MR) is 123 cm³/mol. The number of carbonyl (C=O) groups is 1. The molecule has 5 heteroatoms. The number of esters is 1. The van der Waals surface area contributed by atoms with Crippen LogP contribution in [0.4, 0.5) is 0 Å². The fourth-order valence-electron chi connectivity index (χ4n) is 5.70. The zero-order chi connectivity index (χ0) is 21.2. The van der Waals surface area contributed by atoms with E-state index >= 15 is 0 Å². The smallest absolute Gasteiger partial charge is 0.311 e. The van der Waals surface area contributed by atoms with Gasteiger partial charge in [0.25, 0.3) is 0 Å². The van der Waals surface area contributed by atoms with E-state index in [9.17, 15) is 4.79 Å². The second-order valence-electron chi connectivity index (χ2n) is 8.32. The van der Waals surface area contributed by atoms with E-state index in [4.69, 9.17) is 9.72 Å². The van der Waals surface area contributed by atoms with Gasteiger partial charge in [0, 0.05) is 5.92 Å². The molecule has 0 amide bonds. The van der Waals surface area contributed by atoms with Gasteiger partial charge in [-0.3, -0.25) is 4.79 Å². The first kappa shape index (κ1) is 18.7. The van der Waals surface area contributed by atoms with Crippen molar-refractivity contribution in [3.63, 3.8) is 0 Å². The van der Waals surface area contributed by atoms with Crippen LogP contribution in [0.3, 0.4) is 0 Å². The van der Waals surface area contributed by atoms with Crippen LogP contribution in [0.25, 0.3) is 11.0 Å². The predicted octanol–water partition coefficient (Wildman–Crippen LogP) is 5.17. The zero-order valence-electron chi connectivity index (χ0n) is 17.4. The number of imidazole rings is 1. The second kappa shape index (κ2) is 6.47. The van der Waals surface area contributed by atoms with Gasteiger partial charge in [-0.05, 0) is 23.3 Å². The number of para-hydroxylation sites is 2. The first-order chi connectivity index (χ1) is 15.1. The number of methoxy groups -OCH3 is 1. The number of benzene rings is 3. The van der Waals surface area contributed by atoms with E-state index in [0.29, 0.717) is 0 Å². The molecule has 0 radical (unpaired) electrons. The maximum absolute atomic E-state index is 13.3. The van der Waals surface area contributed by atoms with Crippen LogP contribution in [0.15, 0.2) is 84.9 Å². The highest BCUT2D eigenvalue weighted by Crippen LogP contribution is 2.74. The molecule has 1 saturated heterocycles. The van der Waals surface area contributed by atoms with Crippen LogP contribution in [0.5, 0.6) is 0 Å². The van der Waals surface area contributed by atoms with Crippen molar-refractivity contribution >= 4 is 28.8 Å². The summed E-state index contributed by atoms with van der Waals surface area (Å²) in [7, 11) is 1.49. The first-order valence-electron chi connectivity index (χ1n) is 10.5. The fraction of sp³-hybridized carbons (Fsp3) is 0.231. The van der Waals surface area contributed by atoms with Crippen molar-refractivity contribution in [3.05, 3.63) is 102 Å². The van der Waals surface area contributed by atoms with Crippen LogP contribution in [-0.2, 0) is 19.1 Å². The van der Waals surface area contributed by atoms with Crippen molar-refractivity contribution in [2.45, 2.75) is 16.5 Å². The number of aromatic nitrogens is 2. The summed E-state index contributed by atoms with van der Waals surface area (Å²) >= 11 is 1.84. The lowest BCUT2D eigenvalue weighted by Gasteiger charge is -2.39. The van der Waals surface area contributed by atoms with Crippen molar-refractivity contribution in [2.75, 3.05) is 7.11 Å². The van der Waals surface area contributed by atoms with Gasteiger partial charge in [0.15, 0.2) is 0 Å². The Bertz CT molecular complexity index is 1300. The van der Waals surface area contributed by atoms with Crippen molar-refractivity contribution in [1.82, 2.24) is 9.55 Å².